The number of rotatable bonds is 3. The average molecular weight is 234 g/mol. The van der Waals surface area contributed by atoms with Crippen molar-refractivity contribution in [3.05, 3.63) is 29.8 Å². The van der Waals surface area contributed by atoms with Gasteiger partial charge in [0, 0.05) is 0 Å². The van der Waals surface area contributed by atoms with Crippen LogP contribution in [0.1, 0.15) is 18.9 Å². The van der Waals surface area contributed by atoms with Gasteiger partial charge < -0.3 is 10.2 Å². The second-order valence-corrected chi connectivity index (χ2v) is 3.94. The summed E-state index contributed by atoms with van der Waals surface area (Å²) in [6.45, 7) is 0.757. The molecule has 0 aliphatic carbocycles. The van der Waals surface area contributed by atoms with E-state index in [1.54, 1.807) is 0 Å². The third-order valence-corrected chi connectivity index (χ3v) is 2.45. The van der Waals surface area contributed by atoms with Gasteiger partial charge in [-0.25, -0.2) is 0 Å². The van der Waals surface area contributed by atoms with Gasteiger partial charge in [-0.3, -0.25) is 0 Å². The number of alkyl halides is 3. The first kappa shape index (κ1) is 12.8. The third-order valence-electron chi connectivity index (χ3n) is 2.45. The molecule has 0 aromatic heterocycles. The molecule has 0 amide bonds. The number of aromatic hydroxyl groups is 1. The average Bonchev–Trinajstić information content (AvgIpc) is 2.15. The van der Waals surface area contributed by atoms with Gasteiger partial charge in [-0.2, -0.15) is 13.2 Å². The summed E-state index contributed by atoms with van der Waals surface area (Å²) in [7, 11) is 0. The Labute approximate surface area is 91.3 Å². The molecule has 0 aliphatic rings. The highest BCUT2D eigenvalue weighted by molar-refractivity contribution is 5.26. The van der Waals surface area contributed by atoms with Crippen molar-refractivity contribution >= 4 is 0 Å². The Morgan fingerprint density at radius 1 is 1.12 bits per heavy atom. The first-order chi connectivity index (χ1) is 7.22. The van der Waals surface area contributed by atoms with Crippen molar-refractivity contribution in [2.24, 2.45) is 0 Å². The zero-order valence-corrected chi connectivity index (χ0v) is 8.75. The Bertz CT molecular complexity index is 341. The molecular formula is C11H13F3O2. The highest BCUT2D eigenvalue weighted by Crippen LogP contribution is 2.33. The lowest BCUT2D eigenvalue weighted by Crippen LogP contribution is -2.42. The topological polar surface area (TPSA) is 40.5 Å². The van der Waals surface area contributed by atoms with E-state index in [1.807, 2.05) is 0 Å². The molecule has 2 nitrogen and oxygen atoms in total. The Balaban J connectivity index is 2.61. The van der Waals surface area contributed by atoms with Crippen LogP contribution in [0, 0.1) is 0 Å². The van der Waals surface area contributed by atoms with Gasteiger partial charge in [0.2, 0.25) is 0 Å². The predicted octanol–water partition coefficient (Wildman–Crippen LogP) is 2.64. The van der Waals surface area contributed by atoms with Gasteiger partial charge in [-0.05, 0) is 37.5 Å². The molecule has 0 spiro atoms. The van der Waals surface area contributed by atoms with E-state index in [9.17, 15) is 18.3 Å². The number of phenols is 1. The van der Waals surface area contributed by atoms with Gasteiger partial charge in [0.1, 0.15) is 5.75 Å². The van der Waals surface area contributed by atoms with Gasteiger partial charge in [0.05, 0.1) is 0 Å². The summed E-state index contributed by atoms with van der Waals surface area (Å²) >= 11 is 0. The SMILES string of the molecule is CC(O)(CCc1ccc(O)cc1)C(F)(F)F. The molecule has 0 heterocycles. The highest BCUT2D eigenvalue weighted by Gasteiger charge is 2.49. The summed E-state index contributed by atoms with van der Waals surface area (Å²) in [5, 5.41) is 18.2. The van der Waals surface area contributed by atoms with E-state index < -0.39 is 18.2 Å². The van der Waals surface area contributed by atoms with Gasteiger partial charge in [-0.15, -0.1) is 0 Å². The maximum atomic E-state index is 12.3. The maximum absolute atomic E-state index is 12.3. The Hall–Kier alpha value is -1.23. The molecule has 0 aliphatic heterocycles. The standard InChI is InChI=1S/C11H13F3O2/c1-10(16,11(12,13)14)7-6-8-2-4-9(15)5-3-8/h2-5,15-16H,6-7H2,1H3. The smallest absolute Gasteiger partial charge is 0.416 e. The van der Waals surface area contributed by atoms with Crippen LogP contribution in [0.4, 0.5) is 13.2 Å². The number of benzene rings is 1. The van der Waals surface area contributed by atoms with E-state index in [2.05, 4.69) is 0 Å². The van der Waals surface area contributed by atoms with Crippen LogP contribution in [0.3, 0.4) is 0 Å². The third kappa shape index (κ3) is 3.13. The minimum absolute atomic E-state index is 0.0614. The molecule has 2 N–H and O–H groups in total. The van der Waals surface area contributed by atoms with Crippen LogP contribution in [-0.2, 0) is 6.42 Å². The molecule has 1 atom stereocenters. The number of phenolic OH excluding ortho intramolecular Hbond substituents is 1. The van der Waals surface area contributed by atoms with Gasteiger partial charge in [0.15, 0.2) is 5.60 Å². The zero-order valence-electron chi connectivity index (χ0n) is 8.75. The van der Waals surface area contributed by atoms with Gasteiger partial charge in [0.25, 0.3) is 0 Å². The fourth-order valence-electron chi connectivity index (χ4n) is 1.19. The Morgan fingerprint density at radius 2 is 1.62 bits per heavy atom. The molecule has 0 fully saturated rings. The lowest BCUT2D eigenvalue weighted by atomic mass is 9.96. The first-order valence-electron chi connectivity index (χ1n) is 4.79. The molecule has 16 heavy (non-hydrogen) atoms. The molecule has 0 saturated carbocycles. The van der Waals surface area contributed by atoms with Crippen molar-refractivity contribution in [2.45, 2.75) is 31.5 Å². The fourth-order valence-corrected chi connectivity index (χ4v) is 1.19. The summed E-state index contributed by atoms with van der Waals surface area (Å²) in [5.74, 6) is 0.0614. The first-order valence-corrected chi connectivity index (χ1v) is 4.79. The van der Waals surface area contributed by atoms with E-state index in [0.29, 0.717) is 5.56 Å². The van der Waals surface area contributed by atoms with Crippen molar-refractivity contribution in [3.8, 4) is 5.75 Å². The van der Waals surface area contributed by atoms with Crippen molar-refractivity contribution in [1.29, 1.82) is 0 Å². The van der Waals surface area contributed by atoms with Crippen LogP contribution in [0.2, 0.25) is 0 Å². The van der Waals surface area contributed by atoms with Crippen LogP contribution in [0.15, 0.2) is 24.3 Å². The summed E-state index contributed by atoms with van der Waals surface area (Å²) in [6, 6.07) is 5.86. The van der Waals surface area contributed by atoms with Gasteiger partial charge in [-0.1, -0.05) is 12.1 Å². The number of aliphatic hydroxyl groups is 1. The van der Waals surface area contributed by atoms with Crippen LogP contribution in [-0.4, -0.2) is 22.0 Å². The summed E-state index contributed by atoms with van der Waals surface area (Å²) in [5.41, 5.74) is -2.03. The molecule has 90 valence electrons. The largest absolute Gasteiger partial charge is 0.508 e. The molecular weight excluding hydrogens is 221 g/mol. The minimum atomic E-state index is -4.62. The normalized spacial score (nSPS) is 15.8. The maximum Gasteiger partial charge on any atom is 0.416 e. The minimum Gasteiger partial charge on any atom is -0.508 e. The highest BCUT2D eigenvalue weighted by atomic mass is 19.4. The number of halogens is 3. The molecule has 0 saturated heterocycles. The van der Waals surface area contributed by atoms with Crippen LogP contribution >= 0.6 is 0 Å². The van der Waals surface area contributed by atoms with E-state index in [4.69, 9.17) is 5.11 Å². The van der Waals surface area contributed by atoms with Crippen molar-refractivity contribution in [3.63, 3.8) is 0 Å². The Kier molecular flexibility index (Phi) is 3.48. The van der Waals surface area contributed by atoms with E-state index in [0.717, 1.165) is 6.92 Å². The molecule has 0 radical (unpaired) electrons. The quantitative estimate of drug-likeness (QED) is 0.844. The lowest BCUT2D eigenvalue weighted by molar-refractivity contribution is -0.254. The molecule has 1 aromatic carbocycles. The van der Waals surface area contributed by atoms with Crippen molar-refractivity contribution in [1.82, 2.24) is 0 Å². The predicted molar refractivity (Wildman–Crippen MR) is 53.1 cm³/mol. The van der Waals surface area contributed by atoms with Crippen LogP contribution in [0.5, 0.6) is 5.75 Å². The second-order valence-electron chi connectivity index (χ2n) is 3.94. The molecule has 0 bridgehead atoms. The lowest BCUT2D eigenvalue weighted by Gasteiger charge is -2.26. The van der Waals surface area contributed by atoms with Crippen molar-refractivity contribution < 1.29 is 23.4 Å². The molecule has 5 heteroatoms. The fraction of sp³-hybridized carbons (Fsp3) is 0.455. The van der Waals surface area contributed by atoms with E-state index in [-0.39, 0.29) is 12.2 Å². The monoisotopic (exact) mass is 234 g/mol. The van der Waals surface area contributed by atoms with Gasteiger partial charge >= 0.3 is 6.18 Å². The number of aryl methyl sites for hydroxylation is 1. The van der Waals surface area contributed by atoms with Crippen LogP contribution < -0.4 is 0 Å². The van der Waals surface area contributed by atoms with Crippen LogP contribution in [0.25, 0.3) is 0 Å². The number of hydrogen-bond donors (Lipinski definition) is 2. The summed E-state index contributed by atoms with van der Waals surface area (Å²) in [4.78, 5) is 0. The molecule has 1 aromatic rings. The van der Waals surface area contributed by atoms with E-state index in [1.165, 1.54) is 24.3 Å². The van der Waals surface area contributed by atoms with E-state index >= 15 is 0 Å². The number of hydrogen-bond acceptors (Lipinski definition) is 2. The summed E-state index contributed by atoms with van der Waals surface area (Å²) in [6.07, 6.45) is -4.92. The Morgan fingerprint density at radius 3 is 2.06 bits per heavy atom. The molecule has 1 rings (SSSR count). The second kappa shape index (κ2) is 4.33. The zero-order chi connectivity index (χ0) is 12.4. The summed E-state index contributed by atoms with van der Waals surface area (Å²) < 4.78 is 36.9. The van der Waals surface area contributed by atoms with Crippen molar-refractivity contribution in [2.75, 3.05) is 0 Å². The molecule has 1 unspecified atom stereocenters.